The molecule has 3 rings (SSSR count). The van der Waals surface area contributed by atoms with E-state index in [-0.39, 0.29) is 35.8 Å². The minimum atomic E-state index is -0.333. The second-order valence-corrected chi connectivity index (χ2v) is 9.80. The van der Waals surface area contributed by atoms with E-state index in [1.165, 1.54) is 12.1 Å². The molecule has 0 saturated heterocycles. The standard InChI is InChI=1S/C28H35FN4O2S/c1-4-5-6-25(30)26(13-19-11-12-36-17-19)33-28(35)22-14-21(15-24(16-22)31-3)27(34)32-18(2)20-7-9-23(29)10-8-20/h7-12,14-18,25-26,31H,4-6,13,30H2,1-3H3,(H,32,34)(H,33,35)/t18-,25+,26?/m1/s1. The molecule has 0 spiro atoms. The van der Waals surface area contributed by atoms with Gasteiger partial charge in [-0.15, -0.1) is 0 Å². The molecule has 0 aliphatic carbocycles. The SMILES string of the molecule is CCCC[C@H](N)C(Cc1ccsc1)NC(=O)c1cc(NC)cc(C(=O)N[C@H](C)c2ccc(F)cc2)c1. The molecule has 3 atom stereocenters. The minimum absolute atomic E-state index is 0.180. The number of carbonyl (C=O) groups excluding carboxylic acids is 2. The van der Waals surface area contributed by atoms with Gasteiger partial charge in [-0.2, -0.15) is 11.3 Å². The Morgan fingerprint density at radius 1 is 1.03 bits per heavy atom. The molecule has 0 aliphatic rings. The van der Waals surface area contributed by atoms with Crippen molar-refractivity contribution in [3.05, 3.63) is 87.4 Å². The number of halogens is 1. The summed E-state index contributed by atoms with van der Waals surface area (Å²) in [6.07, 6.45) is 3.49. The zero-order valence-corrected chi connectivity index (χ0v) is 21.8. The first-order chi connectivity index (χ1) is 17.3. The lowest BCUT2D eigenvalue weighted by atomic mass is 9.96. The van der Waals surface area contributed by atoms with Crippen LogP contribution in [0.3, 0.4) is 0 Å². The zero-order valence-electron chi connectivity index (χ0n) is 21.0. The van der Waals surface area contributed by atoms with Gasteiger partial charge in [0.2, 0.25) is 0 Å². The fraction of sp³-hybridized carbons (Fsp3) is 0.357. The monoisotopic (exact) mass is 510 g/mol. The van der Waals surface area contributed by atoms with Gasteiger partial charge < -0.3 is 21.7 Å². The highest BCUT2D eigenvalue weighted by Gasteiger charge is 2.22. The van der Waals surface area contributed by atoms with Crippen molar-refractivity contribution in [3.63, 3.8) is 0 Å². The van der Waals surface area contributed by atoms with Gasteiger partial charge in [0.05, 0.1) is 6.04 Å². The number of benzene rings is 2. The van der Waals surface area contributed by atoms with Gasteiger partial charge in [0.1, 0.15) is 5.82 Å². The third-order valence-electron chi connectivity index (χ3n) is 6.22. The Hall–Kier alpha value is -3.23. The maximum Gasteiger partial charge on any atom is 0.251 e. The highest BCUT2D eigenvalue weighted by molar-refractivity contribution is 7.07. The van der Waals surface area contributed by atoms with E-state index in [1.54, 1.807) is 48.7 Å². The summed E-state index contributed by atoms with van der Waals surface area (Å²) >= 11 is 1.62. The number of thiophene rings is 1. The molecule has 0 aliphatic heterocycles. The second-order valence-electron chi connectivity index (χ2n) is 9.02. The molecule has 1 unspecified atom stereocenters. The van der Waals surface area contributed by atoms with Crippen molar-refractivity contribution < 1.29 is 14.0 Å². The average molecular weight is 511 g/mol. The Morgan fingerprint density at radius 3 is 2.28 bits per heavy atom. The van der Waals surface area contributed by atoms with Gasteiger partial charge in [-0.25, -0.2) is 4.39 Å². The van der Waals surface area contributed by atoms with Crippen LogP contribution in [0.1, 0.15) is 71.0 Å². The summed E-state index contributed by atoms with van der Waals surface area (Å²) in [5, 5.41) is 13.1. The Balaban J connectivity index is 1.78. The van der Waals surface area contributed by atoms with Crippen molar-refractivity contribution in [1.82, 2.24) is 10.6 Å². The van der Waals surface area contributed by atoms with Crippen molar-refractivity contribution in [1.29, 1.82) is 0 Å². The summed E-state index contributed by atoms with van der Waals surface area (Å²) < 4.78 is 13.2. The molecule has 0 fully saturated rings. The summed E-state index contributed by atoms with van der Waals surface area (Å²) in [5.74, 6) is -0.936. The lowest BCUT2D eigenvalue weighted by Gasteiger charge is -2.25. The lowest BCUT2D eigenvalue weighted by molar-refractivity contribution is 0.0929. The smallest absolute Gasteiger partial charge is 0.251 e. The molecule has 8 heteroatoms. The summed E-state index contributed by atoms with van der Waals surface area (Å²) in [6, 6.07) is 12.3. The number of nitrogens with two attached hydrogens (primary N) is 1. The largest absolute Gasteiger partial charge is 0.388 e. The summed E-state index contributed by atoms with van der Waals surface area (Å²) in [7, 11) is 1.74. The van der Waals surface area contributed by atoms with Crippen LogP contribution < -0.4 is 21.7 Å². The molecule has 1 aromatic heterocycles. The number of hydrogen-bond acceptors (Lipinski definition) is 5. The third kappa shape index (κ3) is 7.63. The Kier molecular flexibility index (Phi) is 10.0. The number of hydrogen-bond donors (Lipinski definition) is 4. The van der Waals surface area contributed by atoms with Crippen molar-refractivity contribution in [2.45, 2.75) is 57.7 Å². The Labute approximate surface area is 216 Å². The van der Waals surface area contributed by atoms with Crippen molar-refractivity contribution in [3.8, 4) is 0 Å². The van der Waals surface area contributed by atoms with Gasteiger partial charge in [-0.05, 0) is 78.1 Å². The average Bonchev–Trinajstić information content (AvgIpc) is 3.40. The Bertz CT molecular complexity index is 1130. The van der Waals surface area contributed by atoms with Crippen LogP contribution >= 0.6 is 11.3 Å². The minimum Gasteiger partial charge on any atom is -0.388 e. The first-order valence-corrected chi connectivity index (χ1v) is 13.2. The maximum absolute atomic E-state index is 13.3. The van der Waals surface area contributed by atoms with Gasteiger partial charge in [-0.1, -0.05) is 31.9 Å². The highest BCUT2D eigenvalue weighted by Crippen LogP contribution is 2.19. The van der Waals surface area contributed by atoms with Crippen LogP contribution in [0.15, 0.2) is 59.3 Å². The van der Waals surface area contributed by atoms with Crippen LogP contribution in [-0.2, 0) is 6.42 Å². The zero-order chi connectivity index (χ0) is 26.1. The molecular formula is C28H35FN4O2S. The molecule has 1 heterocycles. The fourth-order valence-corrected chi connectivity index (χ4v) is 4.70. The number of carbonyl (C=O) groups is 2. The number of anilines is 1. The van der Waals surface area contributed by atoms with E-state index in [9.17, 15) is 14.0 Å². The van der Waals surface area contributed by atoms with E-state index in [0.717, 1.165) is 30.4 Å². The predicted molar refractivity (Wildman–Crippen MR) is 145 cm³/mol. The molecule has 0 saturated carbocycles. The van der Waals surface area contributed by atoms with Crippen LogP contribution in [0, 0.1) is 5.82 Å². The summed E-state index contributed by atoms with van der Waals surface area (Å²) in [4.78, 5) is 26.4. The molecular weight excluding hydrogens is 475 g/mol. The van der Waals surface area contributed by atoms with Gasteiger partial charge in [-0.3, -0.25) is 9.59 Å². The van der Waals surface area contributed by atoms with Crippen LogP contribution in [0.2, 0.25) is 0 Å². The molecule has 2 aromatic carbocycles. The molecule has 2 amide bonds. The molecule has 6 nitrogen and oxygen atoms in total. The normalized spacial score (nSPS) is 13.5. The predicted octanol–water partition coefficient (Wildman–Crippen LogP) is 5.28. The second kappa shape index (κ2) is 13.2. The van der Waals surface area contributed by atoms with Crippen LogP contribution in [-0.4, -0.2) is 30.9 Å². The summed E-state index contributed by atoms with van der Waals surface area (Å²) in [5.41, 5.74) is 9.78. The van der Waals surface area contributed by atoms with Crippen molar-refractivity contribution in [2.75, 3.05) is 12.4 Å². The topological polar surface area (TPSA) is 96.2 Å². The van der Waals surface area contributed by atoms with E-state index in [1.807, 2.05) is 18.4 Å². The van der Waals surface area contributed by atoms with Crippen LogP contribution in [0.25, 0.3) is 0 Å². The van der Waals surface area contributed by atoms with E-state index in [2.05, 4.69) is 28.3 Å². The quantitative estimate of drug-likeness (QED) is 0.267. The molecule has 0 radical (unpaired) electrons. The van der Waals surface area contributed by atoms with Crippen LogP contribution in [0.5, 0.6) is 0 Å². The number of amides is 2. The lowest BCUT2D eigenvalue weighted by Crippen LogP contribution is -2.49. The molecule has 5 N–H and O–H groups in total. The van der Waals surface area contributed by atoms with E-state index in [4.69, 9.17) is 5.73 Å². The van der Waals surface area contributed by atoms with Gasteiger partial charge in [0.15, 0.2) is 0 Å². The van der Waals surface area contributed by atoms with E-state index < -0.39 is 0 Å². The van der Waals surface area contributed by atoms with Crippen LogP contribution in [0.4, 0.5) is 10.1 Å². The molecule has 3 aromatic rings. The number of nitrogens with one attached hydrogen (secondary N) is 3. The highest BCUT2D eigenvalue weighted by atomic mass is 32.1. The number of unbranched alkanes of at least 4 members (excludes halogenated alkanes) is 1. The maximum atomic E-state index is 13.3. The first-order valence-electron chi connectivity index (χ1n) is 12.3. The summed E-state index contributed by atoms with van der Waals surface area (Å²) in [6.45, 7) is 3.94. The fourth-order valence-electron chi connectivity index (χ4n) is 4.01. The van der Waals surface area contributed by atoms with Gasteiger partial charge in [0, 0.05) is 35.9 Å². The van der Waals surface area contributed by atoms with Crippen molar-refractivity contribution in [2.24, 2.45) is 5.73 Å². The van der Waals surface area contributed by atoms with Crippen molar-refractivity contribution >= 4 is 28.8 Å². The third-order valence-corrected chi connectivity index (χ3v) is 6.96. The molecule has 0 bridgehead atoms. The van der Waals surface area contributed by atoms with Gasteiger partial charge >= 0.3 is 0 Å². The number of rotatable bonds is 12. The van der Waals surface area contributed by atoms with E-state index in [0.29, 0.717) is 23.2 Å². The Morgan fingerprint density at radius 2 is 1.69 bits per heavy atom. The van der Waals surface area contributed by atoms with Gasteiger partial charge in [0.25, 0.3) is 11.8 Å². The van der Waals surface area contributed by atoms with E-state index >= 15 is 0 Å². The molecule has 192 valence electrons. The first kappa shape index (κ1) is 27.4. The molecule has 36 heavy (non-hydrogen) atoms.